The summed E-state index contributed by atoms with van der Waals surface area (Å²) in [6, 6.07) is 13.3. The minimum Gasteiger partial charge on any atom is -0.338 e. The maximum Gasteiger partial charge on any atom is 0.240 e. The molecule has 1 amide bonds. The van der Waals surface area contributed by atoms with Gasteiger partial charge >= 0.3 is 0 Å². The fourth-order valence-electron chi connectivity index (χ4n) is 3.34. The number of amides is 1. The summed E-state index contributed by atoms with van der Waals surface area (Å²) in [4.78, 5) is 14.5. The van der Waals surface area contributed by atoms with Crippen molar-refractivity contribution in [2.24, 2.45) is 0 Å². The van der Waals surface area contributed by atoms with Gasteiger partial charge in [0, 0.05) is 26.1 Å². The van der Waals surface area contributed by atoms with Crippen LogP contribution in [0.1, 0.15) is 28.7 Å². The van der Waals surface area contributed by atoms with Crippen molar-refractivity contribution in [3.63, 3.8) is 0 Å². The largest absolute Gasteiger partial charge is 0.338 e. The van der Waals surface area contributed by atoms with Crippen LogP contribution in [0.3, 0.4) is 0 Å². The monoisotopic (exact) mass is 372 g/mol. The topological polar surface area (TPSA) is 66.5 Å². The standard InChI is InChI=1S/C20H24N2O3S/c1-15-7-8-19(16(2)13-15)26(24,25)21-11-9-20(23)22-12-10-17-5-3-4-6-18(17)14-22/h3-8,13,21H,9-12,14H2,1-2H3. The molecule has 0 saturated heterocycles. The number of benzene rings is 2. The summed E-state index contributed by atoms with van der Waals surface area (Å²) in [7, 11) is -3.60. The van der Waals surface area contributed by atoms with Gasteiger partial charge in [0.2, 0.25) is 15.9 Å². The second kappa shape index (κ2) is 7.60. The molecule has 0 saturated carbocycles. The van der Waals surface area contributed by atoms with Crippen LogP contribution in [0.5, 0.6) is 0 Å². The zero-order valence-electron chi connectivity index (χ0n) is 15.2. The van der Waals surface area contributed by atoms with Crippen molar-refractivity contribution >= 4 is 15.9 Å². The third-order valence-electron chi connectivity index (χ3n) is 4.73. The highest BCUT2D eigenvalue weighted by atomic mass is 32.2. The molecule has 1 aliphatic heterocycles. The zero-order valence-corrected chi connectivity index (χ0v) is 16.0. The lowest BCUT2D eigenvalue weighted by atomic mass is 10.00. The van der Waals surface area contributed by atoms with Gasteiger partial charge in [0.1, 0.15) is 0 Å². The molecule has 0 aromatic heterocycles. The first kappa shape index (κ1) is 18.6. The highest BCUT2D eigenvalue weighted by molar-refractivity contribution is 7.89. The van der Waals surface area contributed by atoms with Gasteiger partial charge < -0.3 is 4.90 Å². The minimum absolute atomic E-state index is 0.0252. The summed E-state index contributed by atoms with van der Waals surface area (Å²) < 4.78 is 27.4. The number of carbonyl (C=O) groups excluding carboxylic acids is 1. The number of sulfonamides is 1. The van der Waals surface area contributed by atoms with Gasteiger partial charge in [-0.3, -0.25) is 4.79 Å². The van der Waals surface area contributed by atoms with Crippen LogP contribution in [-0.2, 0) is 27.8 Å². The van der Waals surface area contributed by atoms with Crippen molar-refractivity contribution < 1.29 is 13.2 Å². The van der Waals surface area contributed by atoms with Crippen molar-refractivity contribution in [2.45, 2.75) is 38.1 Å². The molecule has 0 radical (unpaired) electrons. The van der Waals surface area contributed by atoms with E-state index in [1.807, 2.05) is 31.2 Å². The van der Waals surface area contributed by atoms with Crippen LogP contribution >= 0.6 is 0 Å². The molecule has 0 bridgehead atoms. The first-order valence-corrected chi connectivity index (χ1v) is 10.3. The molecule has 6 heteroatoms. The fraction of sp³-hybridized carbons (Fsp3) is 0.350. The van der Waals surface area contributed by atoms with Gasteiger partial charge in [-0.1, -0.05) is 42.0 Å². The van der Waals surface area contributed by atoms with E-state index in [2.05, 4.69) is 10.8 Å². The molecule has 5 nitrogen and oxygen atoms in total. The number of hydrogen-bond acceptors (Lipinski definition) is 3. The minimum atomic E-state index is -3.60. The van der Waals surface area contributed by atoms with Crippen molar-refractivity contribution in [2.75, 3.05) is 13.1 Å². The second-order valence-corrected chi connectivity index (χ2v) is 8.49. The van der Waals surface area contributed by atoms with E-state index in [9.17, 15) is 13.2 Å². The molecule has 0 fully saturated rings. The van der Waals surface area contributed by atoms with Crippen molar-refractivity contribution in [3.05, 3.63) is 64.7 Å². The molecule has 2 aromatic rings. The molecule has 138 valence electrons. The Labute approximate surface area is 155 Å². The van der Waals surface area contributed by atoms with E-state index in [-0.39, 0.29) is 23.8 Å². The number of nitrogens with one attached hydrogen (secondary N) is 1. The molecule has 2 aromatic carbocycles. The highest BCUT2D eigenvalue weighted by Gasteiger charge is 2.21. The predicted octanol–water partition coefficient (Wildman–Crippen LogP) is 2.56. The molecule has 3 rings (SSSR count). The van der Waals surface area contributed by atoms with E-state index in [0.29, 0.717) is 18.7 Å². The van der Waals surface area contributed by atoms with E-state index in [1.165, 1.54) is 11.1 Å². The molecule has 0 aliphatic carbocycles. The Morgan fingerprint density at radius 1 is 1.12 bits per heavy atom. The number of rotatable bonds is 5. The highest BCUT2D eigenvalue weighted by Crippen LogP contribution is 2.19. The quantitative estimate of drug-likeness (QED) is 0.877. The van der Waals surface area contributed by atoms with Gasteiger partial charge in [-0.15, -0.1) is 0 Å². The van der Waals surface area contributed by atoms with Crippen molar-refractivity contribution in [1.82, 2.24) is 9.62 Å². The Bertz CT molecular complexity index is 922. The summed E-state index contributed by atoms with van der Waals surface area (Å²) in [5, 5.41) is 0. The van der Waals surface area contributed by atoms with Gasteiger partial charge in [-0.05, 0) is 43.0 Å². The number of nitrogens with zero attached hydrogens (tertiary/aromatic N) is 1. The smallest absolute Gasteiger partial charge is 0.240 e. The maximum absolute atomic E-state index is 12.4. The lowest BCUT2D eigenvalue weighted by Gasteiger charge is -2.29. The Morgan fingerprint density at radius 3 is 2.58 bits per heavy atom. The molecular weight excluding hydrogens is 348 g/mol. The normalized spacial score (nSPS) is 14.2. The van der Waals surface area contributed by atoms with Crippen molar-refractivity contribution in [1.29, 1.82) is 0 Å². The lowest BCUT2D eigenvalue weighted by Crippen LogP contribution is -2.38. The van der Waals surface area contributed by atoms with Gasteiger partial charge in [-0.2, -0.15) is 0 Å². The summed E-state index contributed by atoms with van der Waals surface area (Å²) in [5.74, 6) is -0.0252. The Hall–Kier alpha value is -2.18. The van der Waals surface area contributed by atoms with Crippen LogP contribution in [-0.4, -0.2) is 32.3 Å². The van der Waals surface area contributed by atoms with Gasteiger partial charge in [0.25, 0.3) is 0 Å². The number of hydrogen-bond donors (Lipinski definition) is 1. The van der Waals surface area contributed by atoms with E-state index in [1.54, 1.807) is 24.0 Å². The van der Waals surface area contributed by atoms with E-state index in [0.717, 1.165) is 12.0 Å². The summed E-state index contributed by atoms with van der Waals surface area (Å²) in [6.45, 7) is 5.08. The van der Waals surface area contributed by atoms with E-state index in [4.69, 9.17) is 0 Å². The third-order valence-corrected chi connectivity index (χ3v) is 6.36. The molecule has 1 aliphatic rings. The van der Waals surface area contributed by atoms with Crippen LogP contribution in [0.2, 0.25) is 0 Å². The zero-order chi connectivity index (χ0) is 18.7. The maximum atomic E-state index is 12.4. The molecule has 1 heterocycles. The molecule has 0 unspecified atom stereocenters. The molecule has 0 atom stereocenters. The molecule has 1 N–H and O–H groups in total. The Kier molecular flexibility index (Phi) is 5.44. The van der Waals surface area contributed by atoms with Crippen LogP contribution in [0.15, 0.2) is 47.4 Å². The lowest BCUT2D eigenvalue weighted by molar-refractivity contribution is -0.131. The molecular formula is C20H24N2O3S. The van der Waals surface area contributed by atoms with Crippen LogP contribution in [0, 0.1) is 13.8 Å². The summed E-state index contributed by atoms with van der Waals surface area (Å²) in [5.41, 5.74) is 4.17. The second-order valence-electron chi connectivity index (χ2n) is 6.75. The molecule has 26 heavy (non-hydrogen) atoms. The number of carbonyl (C=O) groups is 1. The number of aryl methyl sites for hydroxylation is 2. The first-order valence-electron chi connectivity index (χ1n) is 8.78. The summed E-state index contributed by atoms with van der Waals surface area (Å²) >= 11 is 0. The van der Waals surface area contributed by atoms with Crippen LogP contribution in [0.25, 0.3) is 0 Å². The molecule has 0 spiro atoms. The van der Waals surface area contributed by atoms with E-state index < -0.39 is 10.0 Å². The average molecular weight is 372 g/mol. The fourth-order valence-corrected chi connectivity index (χ4v) is 4.59. The van der Waals surface area contributed by atoms with Crippen LogP contribution in [0.4, 0.5) is 0 Å². The summed E-state index contributed by atoms with van der Waals surface area (Å²) in [6.07, 6.45) is 1.00. The van der Waals surface area contributed by atoms with Gasteiger partial charge in [0.15, 0.2) is 0 Å². The SMILES string of the molecule is Cc1ccc(S(=O)(=O)NCCC(=O)N2CCc3ccccc3C2)c(C)c1. The Balaban J connectivity index is 1.57. The third kappa shape index (κ3) is 4.14. The van der Waals surface area contributed by atoms with Crippen LogP contribution < -0.4 is 4.72 Å². The van der Waals surface area contributed by atoms with Gasteiger partial charge in [-0.25, -0.2) is 13.1 Å². The number of fused-ring (bicyclic) bond motifs is 1. The average Bonchev–Trinajstić information content (AvgIpc) is 2.60. The van der Waals surface area contributed by atoms with E-state index >= 15 is 0 Å². The first-order chi connectivity index (χ1) is 12.4. The predicted molar refractivity (Wildman–Crippen MR) is 101 cm³/mol. The van der Waals surface area contributed by atoms with Gasteiger partial charge in [0.05, 0.1) is 4.90 Å². The van der Waals surface area contributed by atoms with Crippen molar-refractivity contribution in [3.8, 4) is 0 Å². The Morgan fingerprint density at radius 2 is 1.85 bits per heavy atom.